The van der Waals surface area contributed by atoms with Crippen molar-refractivity contribution in [1.82, 2.24) is 4.72 Å². The number of hydrogen-bond donors (Lipinski definition) is 4. The van der Waals surface area contributed by atoms with Gasteiger partial charge in [0, 0.05) is 16.3 Å². The summed E-state index contributed by atoms with van der Waals surface area (Å²) in [5.41, 5.74) is 4.79. The smallest absolute Gasteiger partial charge is 0.362 e. The Kier molecular flexibility index (Phi) is 10.0. The average molecular weight is 621 g/mol. The topological polar surface area (TPSA) is 205 Å². The van der Waals surface area contributed by atoms with E-state index in [1.165, 1.54) is 6.07 Å². The lowest BCUT2D eigenvalue weighted by atomic mass is 10.00. The molecule has 0 spiro atoms. The van der Waals surface area contributed by atoms with E-state index in [2.05, 4.69) is 15.9 Å². The molecule has 6 unspecified atom stereocenters. The van der Waals surface area contributed by atoms with Gasteiger partial charge in [0.05, 0.1) is 25.4 Å². The number of carbonyl (C=O) groups excluding carboxylic acids is 2. The van der Waals surface area contributed by atoms with Crippen molar-refractivity contribution in [3.63, 3.8) is 0 Å². The van der Waals surface area contributed by atoms with Crippen molar-refractivity contribution < 1.29 is 46.3 Å². The number of aliphatic hydroxyl groups is 2. The Morgan fingerprint density at radius 2 is 1.89 bits per heavy atom. The van der Waals surface area contributed by atoms with Crippen LogP contribution in [0.2, 0.25) is 0 Å². The molecule has 2 heterocycles. The van der Waals surface area contributed by atoms with Crippen LogP contribution in [0.5, 0.6) is 0 Å². The van der Waals surface area contributed by atoms with E-state index in [-0.39, 0.29) is 30.1 Å². The molecule has 1 fully saturated rings. The van der Waals surface area contributed by atoms with Crippen molar-refractivity contribution in [1.29, 1.82) is 0 Å². The summed E-state index contributed by atoms with van der Waals surface area (Å²) < 4.78 is 47.0. The van der Waals surface area contributed by atoms with Crippen molar-refractivity contribution in [2.45, 2.75) is 57.1 Å². The zero-order valence-electron chi connectivity index (χ0n) is 20.5. The van der Waals surface area contributed by atoms with Crippen LogP contribution in [0.4, 0.5) is 0 Å². The molecule has 0 saturated carbocycles. The van der Waals surface area contributed by atoms with E-state index in [0.717, 1.165) is 0 Å². The number of esters is 1. The number of nitrogens with two attached hydrogens (primary N) is 1. The van der Waals surface area contributed by atoms with Crippen LogP contribution >= 0.6 is 15.9 Å². The van der Waals surface area contributed by atoms with Gasteiger partial charge in [-0.1, -0.05) is 42.3 Å². The van der Waals surface area contributed by atoms with Crippen LogP contribution in [0.3, 0.4) is 0 Å². The summed E-state index contributed by atoms with van der Waals surface area (Å²) in [6.45, 7) is 2.49. The molecule has 1 aromatic heterocycles. The maximum Gasteiger partial charge on any atom is 0.362 e. The molecule has 5 N–H and O–H groups in total. The van der Waals surface area contributed by atoms with Crippen LogP contribution < -0.4 is 16.1 Å². The molecule has 1 aliphatic rings. The van der Waals surface area contributed by atoms with Crippen molar-refractivity contribution >= 4 is 49.1 Å². The Labute approximate surface area is 226 Å². The Morgan fingerprint density at radius 3 is 2.58 bits per heavy atom. The van der Waals surface area contributed by atoms with Gasteiger partial charge >= 0.3 is 21.9 Å². The summed E-state index contributed by atoms with van der Waals surface area (Å²) >= 11 is 3.26. The first-order valence-corrected chi connectivity index (χ1v) is 13.9. The Bertz CT molecular complexity index is 1330. The third-order valence-electron chi connectivity index (χ3n) is 6.19. The number of amides is 1. The second kappa shape index (κ2) is 12.6. The quantitative estimate of drug-likeness (QED) is 0.198. The molecule has 2 aromatic rings. The molecule has 38 heavy (non-hydrogen) atoms. The van der Waals surface area contributed by atoms with Gasteiger partial charge in [0.15, 0.2) is 0 Å². The standard InChI is InChI=1S/C23H29BrN2O11S/c1-3-11(2)18(25)21(29)26-38(32,33)35-10-17-20(28)19(27)15(36-17)6-7-34-22(30)14-8-12-4-5-13(24)9-16(12)37-23(14)31/h4-5,8-9,11,15,17-20,27-28H,3,6-7,10,25H2,1-2H3,(H,26,29). The highest BCUT2D eigenvalue weighted by molar-refractivity contribution is 9.10. The third-order valence-corrected chi connectivity index (χ3v) is 7.58. The first-order valence-electron chi connectivity index (χ1n) is 11.7. The number of hydrogen-bond acceptors (Lipinski definition) is 12. The highest BCUT2D eigenvalue weighted by atomic mass is 79.9. The number of ether oxygens (including phenoxy) is 2. The Hall–Kier alpha value is -2.40. The van der Waals surface area contributed by atoms with Crippen LogP contribution in [0.1, 0.15) is 37.0 Å². The van der Waals surface area contributed by atoms with E-state index in [9.17, 15) is 33.0 Å². The second-order valence-electron chi connectivity index (χ2n) is 8.86. The molecule has 1 saturated heterocycles. The predicted octanol–water partition coefficient (Wildman–Crippen LogP) is 0.343. The average Bonchev–Trinajstić information content (AvgIpc) is 3.13. The predicted molar refractivity (Wildman–Crippen MR) is 136 cm³/mol. The number of aliphatic hydroxyl groups excluding tert-OH is 2. The molecule has 1 amide bonds. The lowest BCUT2D eigenvalue weighted by molar-refractivity contribution is -0.121. The first kappa shape index (κ1) is 30.1. The summed E-state index contributed by atoms with van der Waals surface area (Å²) in [5.74, 6) is -2.16. The molecule has 1 aromatic carbocycles. The number of nitrogens with one attached hydrogen (secondary N) is 1. The monoisotopic (exact) mass is 620 g/mol. The van der Waals surface area contributed by atoms with Gasteiger partial charge in [0.2, 0.25) is 0 Å². The van der Waals surface area contributed by atoms with Gasteiger partial charge in [-0.15, -0.1) is 0 Å². The highest BCUT2D eigenvalue weighted by Crippen LogP contribution is 2.25. The largest absolute Gasteiger partial charge is 0.462 e. The molecular formula is C23H29BrN2O11S. The minimum absolute atomic E-state index is 0.0838. The van der Waals surface area contributed by atoms with Crippen LogP contribution in [0.15, 0.2) is 37.9 Å². The van der Waals surface area contributed by atoms with E-state index < -0.39 is 64.9 Å². The van der Waals surface area contributed by atoms with Gasteiger partial charge in [0.1, 0.15) is 29.5 Å². The summed E-state index contributed by atoms with van der Waals surface area (Å²) in [6, 6.07) is 5.21. The summed E-state index contributed by atoms with van der Waals surface area (Å²) in [5, 5.41) is 21.0. The normalized spacial score (nSPS) is 23.2. The fourth-order valence-corrected chi connectivity index (χ4v) is 4.76. The molecule has 0 radical (unpaired) electrons. The highest BCUT2D eigenvalue weighted by Gasteiger charge is 2.43. The fourth-order valence-electron chi connectivity index (χ4n) is 3.66. The van der Waals surface area contributed by atoms with Gasteiger partial charge in [0.25, 0.3) is 5.91 Å². The van der Waals surface area contributed by atoms with E-state index >= 15 is 0 Å². The van der Waals surface area contributed by atoms with Crippen LogP contribution in [0.25, 0.3) is 11.0 Å². The molecule has 6 atom stereocenters. The number of rotatable bonds is 11. The van der Waals surface area contributed by atoms with E-state index in [1.54, 1.807) is 36.8 Å². The van der Waals surface area contributed by atoms with Crippen LogP contribution in [-0.4, -0.2) is 74.2 Å². The maximum absolute atomic E-state index is 12.4. The van der Waals surface area contributed by atoms with E-state index in [0.29, 0.717) is 16.3 Å². The van der Waals surface area contributed by atoms with Crippen molar-refractivity contribution in [3.8, 4) is 0 Å². The van der Waals surface area contributed by atoms with Gasteiger partial charge < -0.3 is 29.8 Å². The minimum Gasteiger partial charge on any atom is -0.462 e. The number of fused-ring (bicyclic) bond motifs is 1. The van der Waals surface area contributed by atoms with Gasteiger partial charge in [-0.2, -0.15) is 8.42 Å². The van der Waals surface area contributed by atoms with Crippen molar-refractivity contribution in [2.24, 2.45) is 11.7 Å². The van der Waals surface area contributed by atoms with Gasteiger partial charge in [-0.05, 0) is 24.1 Å². The van der Waals surface area contributed by atoms with Crippen LogP contribution in [-0.2, 0) is 28.8 Å². The molecule has 13 nitrogen and oxygen atoms in total. The molecule has 3 rings (SSSR count). The van der Waals surface area contributed by atoms with Crippen molar-refractivity contribution in [3.05, 3.63) is 44.7 Å². The van der Waals surface area contributed by atoms with E-state index in [4.69, 9.17) is 23.8 Å². The zero-order chi connectivity index (χ0) is 28.2. The third kappa shape index (κ3) is 7.37. The Morgan fingerprint density at radius 1 is 1.21 bits per heavy atom. The minimum atomic E-state index is -4.56. The Balaban J connectivity index is 1.51. The van der Waals surface area contributed by atoms with Crippen LogP contribution in [0, 0.1) is 5.92 Å². The number of benzene rings is 1. The zero-order valence-corrected chi connectivity index (χ0v) is 22.9. The summed E-state index contributed by atoms with van der Waals surface area (Å²) in [7, 11) is -4.56. The number of halogens is 1. The van der Waals surface area contributed by atoms with Crippen molar-refractivity contribution in [2.75, 3.05) is 13.2 Å². The second-order valence-corrected chi connectivity index (χ2v) is 11.1. The number of carbonyl (C=O) groups is 2. The van der Waals surface area contributed by atoms with Gasteiger partial charge in [-0.3, -0.25) is 8.98 Å². The molecule has 210 valence electrons. The van der Waals surface area contributed by atoms with E-state index in [1.807, 2.05) is 0 Å². The molecule has 1 aliphatic heterocycles. The fraction of sp³-hybridized carbons (Fsp3) is 0.522. The molecular weight excluding hydrogens is 592 g/mol. The molecule has 15 heteroatoms. The lowest BCUT2D eigenvalue weighted by Gasteiger charge is -2.18. The van der Waals surface area contributed by atoms with Gasteiger partial charge in [-0.25, -0.2) is 14.3 Å². The first-order chi connectivity index (χ1) is 17.8. The summed E-state index contributed by atoms with van der Waals surface area (Å²) in [4.78, 5) is 36.6. The molecule has 0 bridgehead atoms. The SMILES string of the molecule is CCC(C)C(N)C(=O)NS(=O)(=O)OCC1OC(CCOC(=O)c2cc3ccc(Br)cc3oc2=O)C(O)C1O. The molecule has 0 aliphatic carbocycles. The summed E-state index contributed by atoms with van der Waals surface area (Å²) in [6.07, 6.45) is -4.78. The maximum atomic E-state index is 12.4. The lowest BCUT2D eigenvalue weighted by Crippen LogP contribution is -2.47.